The normalized spacial score (nSPS) is 44.0. The SMILES string of the molecule is CC[C@@]1(C)C[C@@H](OC(=O)CO)[C@@]2(C)C3C(=O)CC[C@@]3(CC[C@H]2C)[C@H](CNCCCN)[C@@H]1O. The Hall–Kier alpha value is -1.02. The summed E-state index contributed by atoms with van der Waals surface area (Å²) in [6, 6.07) is 0. The summed E-state index contributed by atoms with van der Waals surface area (Å²) in [5, 5.41) is 24.8. The number of carbonyl (C=O) groups is 2. The molecule has 0 amide bonds. The lowest BCUT2D eigenvalue weighted by Crippen LogP contribution is -2.65. The van der Waals surface area contributed by atoms with Gasteiger partial charge in [-0.2, -0.15) is 0 Å². The van der Waals surface area contributed by atoms with Gasteiger partial charge in [0.05, 0.1) is 6.10 Å². The molecule has 0 aromatic carbocycles. The van der Waals surface area contributed by atoms with Gasteiger partial charge in [0.2, 0.25) is 0 Å². The molecule has 0 aromatic rings. The van der Waals surface area contributed by atoms with Crippen LogP contribution < -0.4 is 11.1 Å². The van der Waals surface area contributed by atoms with Crippen molar-refractivity contribution in [2.45, 2.75) is 84.8 Å². The first-order valence-corrected chi connectivity index (χ1v) is 12.5. The molecule has 3 saturated carbocycles. The highest BCUT2D eigenvalue weighted by Gasteiger charge is 2.69. The lowest BCUT2D eigenvalue weighted by molar-refractivity contribution is -0.214. The van der Waals surface area contributed by atoms with Gasteiger partial charge in [-0.3, -0.25) is 4.79 Å². The van der Waals surface area contributed by atoms with Crippen LogP contribution >= 0.6 is 0 Å². The Kier molecular flexibility index (Phi) is 7.75. The Morgan fingerprint density at radius 1 is 1.31 bits per heavy atom. The minimum Gasteiger partial charge on any atom is -0.460 e. The Labute approximate surface area is 192 Å². The van der Waals surface area contributed by atoms with Gasteiger partial charge in [-0.05, 0) is 68.4 Å². The minimum atomic E-state index is -0.677. The molecule has 0 heterocycles. The number of nitrogens with two attached hydrogens (primary N) is 1. The number of hydrogen-bond acceptors (Lipinski definition) is 7. The van der Waals surface area contributed by atoms with E-state index in [0.717, 1.165) is 38.6 Å². The molecule has 2 bridgehead atoms. The maximum atomic E-state index is 13.5. The van der Waals surface area contributed by atoms with E-state index < -0.39 is 35.6 Å². The largest absolute Gasteiger partial charge is 0.460 e. The standard InChI is InChI=1S/C25H44N2O5/c1-5-23(3)13-19(32-20(30)15-28)24(4)16(2)7-9-25(10-8-18(29)21(24)25)17(22(23)31)14-27-12-6-11-26/h16-17,19,21-22,27-28,31H,5-15,26H2,1-4H3/t16-,17-,19-,21?,22+,23+,24+,25+/m1/s1. The molecule has 32 heavy (non-hydrogen) atoms. The average molecular weight is 453 g/mol. The first kappa shape index (κ1) is 25.6. The van der Waals surface area contributed by atoms with Crippen LogP contribution in [-0.2, 0) is 14.3 Å². The monoisotopic (exact) mass is 452 g/mol. The smallest absolute Gasteiger partial charge is 0.332 e. The van der Waals surface area contributed by atoms with Gasteiger partial charge in [0.1, 0.15) is 18.5 Å². The summed E-state index contributed by atoms with van der Waals surface area (Å²) in [5.74, 6) is -0.529. The van der Waals surface area contributed by atoms with Crippen LogP contribution in [0.2, 0.25) is 0 Å². The highest BCUT2D eigenvalue weighted by molar-refractivity contribution is 5.85. The number of hydrogen-bond donors (Lipinski definition) is 4. The number of aliphatic hydroxyl groups is 2. The van der Waals surface area contributed by atoms with E-state index >= 15 is 0 Å². The molecule has 0 aliphatic heterocycles. The number of ether oxygens (including phenoxy) is 1. The molecule has 8 atom stereocenters. The third kappa shape index (κ3) is 4.04. The van der Waals surface area contributed by atoms with Gasteiger partial charge in [-0.25, -0.2) is 4.79 Å². The van der Waals surface area contributed by atoms with Crippen LogP contribution in [0.15, 0.2) is 0 Å². The highest BCUT2D eigenvalue weighted by Crippen LogP contribution is 2.68. The first-order valence-electron chi connectivity index (χ1n) is 12.5. The van der Waals surface area contributed by atoms with E-state index in [1.54, 1.807) is 0 Å². The van der Waals surface area contributed by atoms with E-state index in [4.69, 9.17) is 10.5 Å². The van der Waals surface area contributed by atoms with Gasteiger partial charge < -0.3 is 26.0 Å². The Morgan fingerprint density at radius 3 is 2.66 bits per heavy atom. The zero-order chi connectivity index (χ0) is 23.7. The fourth-order valence-corrected chi connectivity index (χ4v) is 7.45. The molecule has 3 rings (SSSR count). The van der Waals surface area contributed by atoms with Crippen molar-refractivity contribution in [3.63, 3.8) is 0 Å². The van der Waals surface area contributed by atoms with Crippen LogP contribution in [0, 0.1) is 34.0 Å². The minimum absolute atomic E-state index is 0.0528. The summed E-state index contributed by atoms with van der Waals surface area (Å²) in [5.41, 5.74) is 4.37. The van der Waals surface area contributed by atoms with Crippen LogP contribution in [0.25, 0.3) is 0 Å². The molecular formula is C25H44N2O5. The zero-order valence-corrected chi connectivity index (χ0v) is 20.4. The highest BCUT2D eigenvalue weighted by atomic mass is 16.6. The summed E-state index contributed by atoms with van der Waals surface area (Å²) in [6.45, 7) is 9.85. The van der Waals surface area contributed by atoms with Crippen molar-refractivity contribution in [2.24, 2.45) is 39.7 Å². The number of carbonyl (C=O) groups excluding carboxylic acids is 2. The topological polar surface area (TPSA) is 122 Å². The van der Waals surface area contributed by atoms with Crippen LogP contribution in [0.3, 0.4) is 0 Å². The van der Waals surface area contributed by atoms with Gasteiger partial charge >= 0.3 is 5.97 Å². The summed E-state index contributed by atoms with van der Waals surface area (Å²) in [4.78, 5) is 25.8. The third-order valence-corrected chi connectivity index (χ3v) is 9.77. The fraction of sp³-hybridized carbons (Fsp3) is 0.920. The number of Topliss-reactive ketones (excluding diaryl/α,β-unsaturated/α-hetero) is 1. The molecule has 0 aromatic heterocycles. The first-order chi connectivity index (χ1) is 15.1. The lowest BCUT2D eigenvalue weighted by atomic mass is 9.43. The van der Waals surface area contributed by atoms with Gasteiger partial charge in [0.25, 0.3) is 0 Å². The molecule has 5 N–H and O–H groups in total. The Morgan fingerprint density at radius 2 is 2.03 bits per heavy atom. The average Bonchev–Trinajstić information content (AvgIpc) is 3.12. The molecule has 7 heteroatoms. The molecule has 0 saturated heterocycles. The Bertz CT molecular complexity index is 702. The van der Waals surface area contributed by atoms with Crippen molar-refractivity contribution in [1.82, 2.24) is 5.32 Å². The Balaban J connectivity index is 2.12. The van der Waals surface area contributed by atoms with Gasteiger partial charge in [-0.1, -0.05) is 27.7 Å². The van der Waals surface area contributed by atoms with Crippen molar-refractivity contribution in [1.29, 1.82) is 0 Å². The third-order valence-electron chi connectivity index (χ3n) is 9.77. The van der Waals surface area contributed by atoms with E-state index in [1.165, 1.54) is 0 Å². The fourth-order valence-electron chi connectivity index (χ4n) is 7.45. The molecule has 3 aliphatic carbocycles. The lowest BCUT2D eigenvalue weighted by Gasteiger charge is -2.62. The molecular weight excluding hydrogens is 408 g/mol. The van der Waals surface area contributed by atoms with Gasteiger partial charge in [0, 0.05) is 30.2 Å². The quantitative estimate of drug-likeness (QED) is 0.328. The summed E-state index contributed by atoms with van der Waals surface area (Å²) < 4.78 is 5.90. The molecule has 0 spiro atoms. The zero-order valence-electron chi connectivity index (χ0n) is 20.4. The van der Waals surface area contributed by atoms with E-state index in [2.05, 4.69) is 33.0 Å². The molecule has 3 fully saturated rings. The molecule has 7 nitrogen and oxygen atoms in total. The molecule has 184 valence electrons. The van der Waals surface area contributed by atoms with Crippen molar-refractivity contribution < 1.29 is 24.5 Å². The van der Waals surface area contributed by atoms with Crippen LogP contribution in [0.1, 0.15) is 72.6 Å². The molecule has 1 unspecified atom stereocenters. The number of nitrogens with one attached hydrogen (secondary N) is 1. The number of rotatable bonds is 8. The second-order valence-electron chi connectivity index (χ2n) is 11.2. The number of aliphatic hydroxyl groups excluding tert-OH is 2. The van der Waals surface area contributed by atoms with Crippen molar-refractivity contribution >= 4 is 11.8 Å². The van der Waals surface area contributed by atoms with Crippen LogP contribution in [-0.4, -0.2) is 60.4 Å². The summed E-state index contributed by atoms with van der Waals surface area (Å²) in [7, 11) is 0. The molecule has 3 aliphatic rings. The summed E-state index contributed by atoms with van der Waals surface area (Å²) in [6.07, 6.45) is 4.08. The maximum absolute atomic E-state index is 13.5. The maximum Gasteiger partial charge on any atom is 0.332 e. The van der Waals surface area contributed by atoms with Crippen molar-refractivity contribution in [2.75, 3.05) is 26.2 Å². The van der Waals surface area contributed by atoms with E-state index in [-0.39, 0.29) is 29.0 Å². The molecule has 0 radical (unpaired) electrons. The predicted molar refractivity (Wildman–Crippen MR) is 123 cm³/mol. The van der Waals surface area contributed by atoms with Gasteiger partial charge in [-0.15, -0.1) is 0 Å². The van der Waals surface area contributed by atoms with Gasteiger partial charge in [0.15, 0.2) is 0 Å². The van der Waals surface area contributed by atoms with Crippen LogP contribution in [0.5, 0.6) is 0 Å². The van der Waals surface area contributed by atoms with Crippen molar-refractivity contribution in [3.8, 4) is 0 Å². The number of esters is 1. The van der Waals surface area contributed by atoms with E-state index in [0.29, 0.717) is 25.9 Å². The van der Waals surface area contributed by atoms with E-state index in [9.17, 15) is 19.8 Å². The number of ketones is 1. The van der Waals surface area contributed by atoms with Crippen molar-refractivity contribution in [3.05, 3.63) is 0 Å². The summed E-state index contributed by atoms with van der Waals surface area (Å²) >= 11 is 0. The second-order valence-corrected chi connectivity index (χ2v) is 11.2. The van der Waals surface area contributed by atoms with Crippen LogP contribution in [0.4, 0.5) is 0 Å². The van der Waals surface area contributed by atoms with E-state index in [1.807, 2.05) is 0 Å². The predicted octanol–water partition coefficient (Wildman–Crippen LogP) is 2.03. The second kappa shape index (κ2) is 9.69.